The fraction of sp³-hybridized carbons (Fsp3) is 0.238. The van der Waals surface area contributed by atoms with Crippen molar-refractivity contribution in [2.24, 2.45) is 0 Å². The van der Waals surface area contributed by atoms with E-state index in [1.807, 2.05) is 48.5 Å². The molecule has 1 atom stereocenters. The molecule has 0 saturated carbocycles. The van der Waals surface area contributed by atoms with E-state index in [1.54, 1.807) is 12.0 Å². The van der Waals surface area contributed by atoms with E-state index < -0.39 is 0 Å². The Kier molecular flexibility index (Phi) is 5.21. The third kappa shape index (κ3) is 3.44. The summed E-state index contributed by atoms with van der Waals surface area (Å²) in [5, 5.41) is 11.3. The Hall–Kier alpha value is -2.62. The minimum Gasteiger partial charge on any atom is -0.497 e. The largest absolute Gasteiger partial charge is 0.497 e. The first kappa shape index (κ1) is 18.7. The SMILES string of the molecule is COc1cccc([C@@H]2CC(=O)N3CN(c4ccc(Cl)cc4)CSC3=C2C#N)c1. The number of methoxy groups -OCH3 is 1. The Balaban J connectivity index is 1.66. The lowest BCUT2D eigenvalue weighted by Gasteiger charge is -2.42. The highest BCUT2D eigenvalue weighted by atomic mass is 35.5. The van der Waals surface area contributed by atoms with Gasteiger partial charge in [-0.05, 0) is 42.0 Å². The average Bonchev–Trinajstić information content (AvgIpc) is 2.74. The summed E-state index contributed by atoms with van der Waals surface area (Å²) >= 11 is 7.50. The molecule has 0 N–H and O–H groups in total. The zero-order valence-electron chi connectivity index (χ0n) is 15.3. The van der Waals surface area contributed by atoms with Gasteiger partial charge in [0.05, 0.1) is 36.3 Å². The summed E-state index contributed by atoms with van der Waals surface area (Å²) in [5.74, 6) is 1.16. The van der Waals surface area contributed by atoms with E-state index >= 15 is 0 Å². The van der Waals surface area contributed by atoms with Crippen LogP contribution in [0.3, 0.4) is 0 Å². The molecule has 2 aromatic rings. The second kappa shape index (κ2) is 7.78. The molecule has 2 heterocycles. The number of hydrogen-bond acceptors (Lipinski definition) is 5. The number of benzene rings is 2. The monoisotopic (exact) mass is 411 g/mol. The number of nitrogens with zero attached hydrogens (tertiary/aromatic N) is 3. The number of carbonyl (C=O) groups excluding carboxylic acids is 1. The van der Waals surface area contributed by atoms with Crippen molar-refractivity contribution in [1.82, 2.24) is 4.90 Å². The van der Waals surface area contributed by atoms with E-state index in [0.29, 0.717) is 23.1 Å². The van der Waals surface area contributed by atoms with Crippen LogP contribution < -0.4 is 9.64 Å². The molecular weight excluding hydrogens is 394 g/mol. The van der Waals surface area contributed by atoms with E-state index in [0.717, 1.165) is 22.0 Å². The maximum atomic E-state index is 12.9. The number of nitriles is 1. The van der Waals surface area contributed by atoms with Crippen molar-refractivity contribution in [3.05, 3.63) is 69.7 Å². The summed E-state index contributed by atoms with van der Waals surface area (Å²) in [6.07, 6.45) is 0.272. The molecule has 4 rings (SSSR count). The number of amides is 1. The van der Waals surface area contributed by atoms with Crippen LogP contribution in [-0.4, -0.2) is 30.5 Å². The third-order valence-corrected chi connectivity index (χ3v) is 6.39. The highest BCUT2D eigenvalue weighted by Crippen LogP contribution is 2.43. The van der Waals surface area contributed by atoms with Crippen LogP contribution in [0.4, 0.5) is 5.69 Å². The maximum Gasteiger partial charge on any atom is 0.229 e. The molecule has 2 aliphatic rings. The van der Waals surface area contributed by atoms with Gasteiger partial charge < -0.3 is 9.64 Å². The lowest BCUT2D eigenvalue weighted by atomic mass is 9.86. The topological polar surface area (TPSA) is 56.6 Å². The first-order valence-corrected chi connectivity index (χ1v) is 10.2. The second-order valence-electron chi connectivity index (χ2n) is 6.62. The van der Waals surface area contributed by atoms with Gasteiger partial charge in [-0.15, -0.1) is 0 Å². The first-order chi connectivity index (χ1) is 13.6. The molecule has 1 amide bonds. The van der Waals surface area contributed by atoms with Crippen LogP contribution in [0.2, 0.25) is 5.02 Å². The smallest absolute Gasteiger partial charge is 0.229 e. The summed E-state index contributed by atoms with van der Waals surface area (Å²) in [6.45, 7) is 0.429. The molecule has 28 heavy (non-hydrogen) atoms. The minimum atomic E-state index is -0.242. The van der Waals surface area contributed by atoms with Gasteiger partial charge in [-0.1, -0.05) is 35.5 Å². The number of hydrogen-bond donors (Lipinski definition) is 0. The number of allylic oxidation sites excluding steroid dienone is 1. The molecular formula is C21H18ClN3O2S. The van der Waals surface area contributed by atoms with Gasteiger partial charge in [-0.3, -0.25) is 9.69 Å². The molecule has 5 nitrogen and oxygen atoms in total. The van der Waals surface area contributed by atoms with Crippen molar-refractivity contribution in [2.45, 2.75) is 12.3 Å². The number of rotatable bonds is 3. The van der Waals surface area contributed by atoms with Crippen LogP contribution in [0.15, 0.2) is 59.1 Å². The van der Waals surface area contributed by atoms with Crippen LogP contribution in [0.5, 0.6) is 5.75 Å². The molecule has 0 spiro atoms. The zero-order chi connectivity index (χ0) is 19.7. The van der Waals surface area contributed by atoms with Crippen LogP contribution in [0, 0.1) is 11.3 Å². The van der Waals surface area contributed by atoms with Crippen LogP contribution >= 0.6 is 23.4 Å². The van der Waals surface area contributed by atoms with Gasteiger partial charge in [-0.2, -0.15) is 5.26 Å². The summed E-state index contributed by atoms with van der Waals surface area (Å²) in [5.41, 5.74) is 2.57. The van der Waals surface area contributed by atoms with Gasteiger partial charge in [0, 0.05) is 23.0 Å². The maximum absolute atomic E-state index is 12.9. The molecule has 0 bridgehead atoms. The number of ether oxygens (including phenoxy) is 1. The molecule has 2 aromatic carbocycles. The quantitative estimate of drug-likeness (QED) is 0.740. The molecule has 0 unspecified atom stereocenters. The molecule has 0 aromatic heterocycles. The summed E-state index contributed by atoms with van der Waals surface area (Å²) in [6, 6.07) is 17.5. The number of thioether (sulfide) groups is 1. The van der Waals surface area contributed by atoms with Gasteiger partial charge >= 0.3 is 0 Å². The Labute approximate surface area is 173 Å². The zero-order valence-corrected chi connectivity index (χ0v) is 16.8. The molecule has 1 fully saturated rings. The fourth-order valence-corrected chi connectivity index (χ4v) is 4.81. The van der Waals surface area contributed by atoms with Crippen LogP contribution in [0.25, 0.3) is 0 Å². The Morgan fingerprint density at radius 3 is 2.75 bits per heavy atom. The van der Waals surface area contributed by atoms with Crippen molar-refractivity contribution in [1.29, 1.82) is 5.26 Å². The van der Waals surface area contributed by atoms with Gasteiger partial charge in [-0.25, -0.2) is 0 Å². The van der Waals surface area contributed by atoms with E-state index in [1.165, 1.54) is 11.8 Å². The number of anilines is 1. The van der Waals surface area contributed by atoms with E-state index in [9.17, 15) is 10.1 Å². The van der Waals surface area contributed by atoms with Crippen molar-refractivity contribution < 1.29 is 9.53 Å². The molecule has 142 valence electrons. The summed E-state index contributed by atoms with van der Waals surface area (Å²) in [4.78, 5) is 16.8. The molecule has 1 saturated heterocycles. The van der Waals surface area contributed by atoms with Crippen molar-refractivity contribution in [2.75, 3.05) is 24.6 Å². The summed E-state index contributed by atoms with van der Waals surface area (Å²) < 4.78 is 5.30. The van der Waals surface area contributed by atoms with E-state index in [2.05, 4.69) is 11.0 Å². The van der Waals surface area contributed by atoms with Crippen molar-refractivity contribution in [3.63, 3.8) is 0 Å². The number of carbonyl (C=O) groups is 1. The van der Waals surface area contributed by atoms with Gasteiger partial charge in [0.25, 0.3) is 0 Å². The second-order valence-corrected chi connectivity index (χ2v) is 7.99. The Morgan fingerprint density at radius 2 is 2.04 bits per heavy atom. The van der Waals surface area contributed by atoms with Gasteiger partial charge in [0.1, 0.15) is 5.75 Å². The van der Waals surface area contributed by atoms with Crippen LogP contribution in [0.1, 0.15) is 17.9 Å². The minimum absolute atomic E-state index is 0.0213. The van der Waals surface area contributed by atoms with Gasteiger partial charge in [0.15, 0.2) is 0 Å². The number of halogens is 1. The van der Waals surface area contributed by atoms with E-state index in [-0.39, 0.29) is 18.2 Å². The first-order valence-electron chi connectivity index (χ1n) is 8.82. The number of fused-ring (bicyclic) bond motifs is 1. The molecule has 2 aliphatic heterocycles. The highest BCUT2D eigenvalue weighted by molar-refractivity contribution is 8.03. The highest BCUT2D eigenvalue weighted by Gasteiger charge is 2.38. The van der Waals surface area contributed by atoms with Crippen LogP contribution in [-0.2, 0) is 4.79 Å². The molecule has 0 aliphatic carbocycles. The normalized spacial score (nSPS) is 19.3. The van der Waals surface area contributed by atoms with E-state index in [4.69, 9.17) is 16.3 Å². The van der Waals surface area contributed by atoms with Gasteiger partial charge in [0.2, 0.25) is 5.91 Å². The third-order valence-electron chi connectivity index (χ3n) is 4.98. The molecule has 0 radical (unpaired) electrons. The summed E-state index contributed by atoms with van der Waals surface area (Å²) in [7, 11) is 1.61. The predicted octanol–water partition coefficient (Wildman–Crippen LogP) is 4.57. The Morgan fingerprint density at radius 1 is 1.25 bits per heavy atom. The predicted molar refractivity (Wildman–Crippen MR) is 111 cm³/mol. The average molecular weight is 412 g/mol. The molecule has 7 heteroatoms. The fourth-order valence-electron chi connectivity index (χ4n) is 3.52. The standard InChI is InChI=1S/C21H18ClN3O2S/c1-27-17-4-2-3-14(9-17)18-10-20(26)25-12-24(13-28-21(25)19(18)11-23)16-7-5-15(22)6-8-16/h2-9,18H,10,12-13H2,1H3/t18-/m0/s1. The Bertz CT molecular complexity index is 984. The lowest BCUT2D eigenvalue weighted by Crippen LogP contribution is -2.47. The van der Waals surface area contributed by atoms with Crippen molar-refractivity contribution in [3.8, 4) is 11.8 Å². The lowest BCUT2D eigenvalue weighted by molar-refractivity contribution is -0.129. The van der Waals surface area contributed by atoms with Crippen molar-refractivity contribution >= 4 is 35.0 Å².